The van der Waals surface area contributed by atoms with Crippen molar-refractivity contribution in [2.75, 3.05) is 13.7 Å². The normalized spacial score (nSPS) is 10.5. The first-order chi connectivity index (χ1) is 12.6. The molecule has 2 aromatic rings. The highest BCUT2D eigenvalue weighted by Gasteiger charge is 2.10. The van der Waals surface area contributed by atoms with Gasteiger partial charge < -0.3 is 9.47 Å². The molecule has 0 atom stereocenters. The maximum atomic E-state index is 11.7. The minimum absolute atomic E-state index is 0.0829. The van der Waals surface area contributed by atoms with Gasteiger partial charge in [0.1, 0.15) is 12.4 Å². The fraction of sp³-hybridized carbons (Fsp3) is 0.250. The lowest BCUT2D eigenvalue weighted by Crippen LogP contribution is -2.26. The summed E-state index contributed by atoms with van der Waals surface area (Å²) in [6.45, 7) is 1.99. The molecule has 6 heteroatoms. The Hall–Kier alpha value is -3.15. The van der Waals surface area contributed by atoms with Crippen molar-refractivity contribution in [2.45, 2.75) is 20.0 Å². The van der Waals surface area contributed by atoms with Crippen molar-refractivity contribution in [3.63, 3.8) is 0 Å². The first-order valence-electron chi connectivity index (χ1n) is 8.25. The monoisotopic (exact) mass is 354 g/mol. The summed E-state index contributed by atoms with van der Waals surface area (Å²) in [5.74, 6) is 0.0162. The van der Waals surface area contributed by atoms with E-state index in [2.05, 4.69) is 9.84 Å². The molecule has 0 radical (unpaired) electrons. The molecule has 0 unspecified atom stereocenters. The van der Waals surface area contributed by atoms with E-state index in [1.807, 2.05) is 54.6 Å². The zero-order valence-corrected chi connectivity index (χ0v) is 14.9. The standard InChI is InChI=1S/C20H22N2O4/c1-16(23)22(13-12-20(24)25-2)21-14-18-10-6-7-11-19(18)26-15-17-8-4-3-5-9-17/h3-11,14H,12-13,15H2,1-2H3. The largest absolute Gasteiger partial charge is 0.488 e. The molecule has 0 aliphatic carbocycles. The minimum Gasteiger partial charge on any atom is -0.488 e. The van der Waals surface area contributed by atoms with E-state index in [0.29, 0.717) is 12.4 Å². The van der Waals surface area contributed by atoms with Crippen molar-refractivity contribution in [3.05, 3.63) is 65.7 Å². The Bertz CT molecular complexity index is 759. The van der Waals surface area contributed by atoms with E-state index in [1.54, 1.807) is 6.21 Å². The molecule has 6 nitrogen and oxygen atoms in total. The SMILES string of the molecule is COC(=O)CCN(N=Cc1ccccc1OCc1ccccc1)C(C)=O. The van der Waals surface area contributed by atoms with Crippen molar-refractivity contribution in [3.8, 4) is 5.75 Å². The van der Waals surface area contributed by atoms with Crippen LogP contribution in [0.2, 0.25) is 0 Å². The fourth-order valence-corrected chi connectivity index (χ4v) is 2.18. The van der Waals surface area contributed by atoms with Gasteiger partial charge in [0.05, 0.1) is 26.3 Å². The molecule has 2 aromatic carbocycles. The van der Waals surface area contributed by atoms with Crippen molar-refractivity contribution >= 4 is 18.1 Å². The van der Waals surface area contributed by atoms with Gasteiger partial charge in [-0.1, -0.05) is 42.5 Å². The lowest BCUT2D eigenvalue weighted by molar-refractivity contribution is -0.141. The highest BCUT2D eigenvalue weighted by Crippen LogP contribution is 2.18. The number of nitrogens with zero attached hydrogens (tertiary/aromatic N) is 2. The lowest BCUT2D eigenvalue weighted by Gasteiger charge is -2.14. The Balaban J connectivity index is 2.06. The van der Waals surface area contributed by atoms with Gasteiger partial charge in [-0.15, -0.1) is 0 Å². The summed E-state index contributed by atoms with van der Waals surface area (Å²) >= 11 is 0. The topological polar surface area (TPSA) is 68.2 Å². The molecule has 136 valence electrons. The van der Waals surface area contributed by atoms with Gasteiger partial charge in [-0.25, -0.2) is 5.01 Å². The third-order valence-corrected chi connectivity index (χ3v) is 3.61. The summed E-state index contributed by atoms with van der Waals surface area (Å²) in [4.78, 5) is 22.9. The molecule has 0 aliphatic heterocycles. The van der Waals surface area contributed by atoms with Crippen LogP contribution in [-0.2, 0) is 20.9 Å². The number of carbonyl (C=O) groups is 2. The van der Waals surface area contributed by atoms with E-state index in [9.17, 15) is 9.59 Å². The van der Waals surface area contributed by atoms with Crippen LogP contribution >= 0.6 is 0 Å². The summed E-state index contributed by atoms with van der Waals surface area (Å²) in [6, 6.07) is 17.3. The molecule has 0 N–H and O–H groups in total. The number of esters is 1. The number of methoxy groups -OCH3 is 1. The molecule has 0 fully saturated rings. The second kappa shape index (κ2) is 9.98. The van der Waals surface area contributed by atoms with Crippen LogP contribution in [0.1, 0.15) is 24.5 Å². The molecular formula is C20H22N2O4. The number of hydrogen-bond donors (Lipinski definition) is 0. The van der Waals surface area contributed by atoms with E-state index in [1.165, 1.54) is 19.0 Å². The zero-order chi connectivity index (χ0) is 18.8. The maximum Gasteiger partial charge on any atom is 0.307 e. The summed E-state index contributed by atoms with van der Waals surface area (Å²) in [5.41, 5.74) is 1.80. The molecule has 0 aliphatic rings. The average Bonchev–Trinajstić information content (AvgIpc) is 2.67. The van der Waals surface area contributed by atoms with Crippen LogP contribution in [-0.4, -0.2) is 36.8 Å². The fourth-order valence-electron chi connectivity index (χ4n) is 2.18. The van der Waals surface area contributed by atoms with Gasteiger partial charge in [0.2, 0.25) is 5.91 Å². The Morgan fingerprint density at radius 3 is 2.46 bits per heavy atom. The second-order valence-corrected chi connectivity index (χ2v) is 5.52. The maximum absolute atomic E-state index is 11.7. The third kappa shape index (κ3) is 6.05. The Labute approximate surface area is 153 Å². The van der Waals surface area contributed by atoms with Crippen LogP contribution in [0.3, 0.4) is 0 Å². The molecule has 0 spiro atoms. The minimum atomic E-state index is -0.391. The average molecular weight is 354 g/mol. The Kier molecular flexibility index (Phi) is 7.36. The molecule has 0 heterocycles. The van der Waals surface area contributed by atoms with Gasteiger partial charge in [0, 0.05) is 12.5 Å². The number of hydrazone groups is 1. The van der Waals surface area contributed by atoms with E-state index >= 15 is 0 Å². The summed E-state index contributed by atoms with van der Waals surface area (Å²) < 4.78 is 10.5. The Morgan fingerprint density at radius 2 is 1.77 bits per heavy atom. The van der Waals surface area contributed by atoms with Crippen LogP contribution in [0, 0.1) is 0 Å². The smallest absolute Gasteiger partial charge is 0.307 e. The van der Waals surface area contributed by atoms with Gasteiger partial charge >= 0.3 is 5.97 Å². The quantitative estimate of drug-likeness (QED) is 0.415. The van der Waals surface area contributed by atoms with Gasteiger partial charge in [-0.3, -0.25) is 9.59 Å². The van der Waals surface area contributed by atoms with E-state index in [-0.39, 0.29) is 18.9 Å². The van der Waals surface area contributed by atoms with Crippen molar-refractivity contribution in [2.24, 2.45) is 5.10 Å². The number of benzene rings is 2. The van der Waals surface area contributed by atoms with Crippen molar-refractivity contribution in [1.82, 2.24) is 5.01 Å². The number of carbonyl (C=O) groups excluding carboxylic acids is 2. The number of para-hydroxylation sites is 1. The molecule has 0 saturated carbocycles. The molecule has 0 aromatic heterocycles. The van der Waals surface area contributed by atoms with Crippen LogP contribution in [0.25, 0.3) is 0 Å². The highest BCUT2D eigenvalue weighted by molar-refractivity contribution is 5.85. The van der Waals surface area contributed by atoms with Crippen molar-refractivity contribution < 1.29 is 19.1 Å². The number of rotatable bonds is 8. The Morgan fingerprint density at radius 1 is 1.08 bits per heavy atom. The third-order valence-electron chi connectivity index (χ3n) is 3.61. The number of hydrogen-bond acceptors (Lipinski definition) is 5. The van der Waals surface area contributed by atoms with E-state index < -0.39 is 5.97 Å². The summed E-state index contributed by atoms with van der Waals surface area (Å²) in [7, 11) is 1.31. The zero-order valence-electron chi connectivity index (χ0n) is 14.9. The van der Waals surface area contributed by atoms with Gasteiger partial charge in [-0.05, 0) is 17.7 Å². The summed E-state index contributed by atoms with van der Waals surface area (Å²) in [6.07, 6.45) is 1.64. The van der Waals surface area contributed by atoms with Crippen LogP contribution in [0.5, 0.6) is 5.75 Å². The van der Waals surface area contributed by atoms with E-state index in [0.717, 1.165) is 11.1 Å². The first kappa shape index (κ1) is 19.2. The van der Waals surface area contributed by atoms with Crippen LogP contribution in [0.15, 0.2) is 59.7 Å². The van der Waals surface area contributed by atoms with Gasteiger partial charge in [0.15, 0.2) is 0 Å². The number of ether oxygens (including phenoxy) is 2. The van der Waals surface area contributed by atoms with Crippen molar-refractivity contribution in [1.29, 1.82) is 0 Å². The van der Waals surface area contributed by atoms with Gasteiger partial charge in [0.25, 0.3) is 0 Å². The highest BCUT2D eigenvalue weighted by atomic mass is 16.5. The summed E-state index contributed by atoms with van der Waals surface area (Å²) in [5, 5.41) is 5.41. The van der Waals surface area contributed by atoms with Crippen LogP contribution < -0.4 is 4.74 Å². The molecule has 26 heavy (non-hydrogen) atoms. The molecule has 0 bridgehead atoms. The molecule has 2 rings (SSSR count). The predicted molar refractivity (Wildman–Crippen MR) is 98.8 cm³/mol. The molecule has 0 saturated heterocycles. The number of amides is 1. The van der Waals surface area contributed by atoms with E-state index in [4.69, 9.17) is 4.74 Å². The molecule has 1 amide bonds. The van der Waals surface area contributed by atoms with Gasteiger partial charge in [-0.2, -0.15) is 5.10 Å². The lowest BCUT2D eigenvalue weighted by atomic mass is 10.2. The second-order valence-electron chi connectivity index (χ2n) is 5.52. The first-order valence-corrected chi connectivity index (χ1v) is 8.25. The predicted octanol–water partition coefficient (Wildman–Crippen LogP) is 3.01. The van der Waals surface area contributed by atoms with Crippen LogP contribution in [0.4, 0.5) is 0 Å². The molecular weight excluding hydrogens is 332 g/mol.